The largest absolute Gasteiger partial charge is 0.350 e. The van der Waals surface area contributed by atoms with Gasteiger partial charge in [-0.2, -0.15) is 0 Å². The van der Waals surface area contributed by atoms with E-state index in [0.29, 0.717) is 25.2 Å². The first kappa shape index (κ1) is 16.7. The number of hydrogen-bond donors (Lipinski definition) is 1. The van der Waals surface area contributed by atoms with E-state index in [0.717, 1.165) is 11.1 Å². The highest BCUT2D eigenvalue weighted by Gasteiger charge is 2.10. The van der Waals surface area contributed by atoms with Crippen LogP contribution in [0, 0.1) is 6.92 Å². The second kappa shape index (κ2) is 8.08. The summed E-state index contributed by atoms with van der Waals surface area (Å²) < 4.78 is 0. The molecule has 2 amide bonds. The number of nitrogens with zero attached hydrogens (tertiary/aromatic N) is 2. The second-order valence-electron chi connectivity index (χ2n) is 5.42. The molecule has 1 aromatic carbocycles. The molecule has 120 valence electrons. The van der Waals surface area contributed by atoms with Crippen LogP contribution in [0.5, 0.6) is 0 Å². The summed E-state index contributed by atoms with van der Waals surface area (Å²) >= 11 is 0. The molecule has 1 heterocycles. The zero-order chi connectivity index (χ0) is 16.7. The van der Waals surface area contributed by atoms with Crippen molar-refractivity contribution in [3.8, 4) is 0 Å². The second-order valence-corrected chi connectivity index (χ2v) is 5.42. The molecule has 1 N–H and O–H groups in total. The Kier molecular flexibility index (Phi) is 5.86. The average Bonchev–Trinajstić information content (AvgIpc) is 2.54. The predicted molar refractivity (Wildman–Crippen MR) is 88.8 cm³/mol. The molecular weight excluding hydrogens is 290 g/mol. The quantitative estimate of drug-likeness (QED) is 0.889. The van der Waals surface area contributed by atoms with Crippen molar-refractivity contribution in [2.75, 3.05) is 13.1 Å². The van der Waals surface area contributed by atoms with E-state index < -0.39 is 0 Å². The van der Waals surface area contributed by atoms with Gasteiger partial charge in [-0.25, -0.2) is 0 Å². The molecule has 0 aliphatic rings. The minimum atomic E-state index is -0.124. The maximum atomic E-state index is 12.1. The van der Waals surface area contributed by atoms with Crippen LogP contribution in [0.2, 0.25) is 0 Å². The summed E-state index contributed by atoms with van der Waals surface area (Å²) in [7, 11) is 0. The number of aryl methyl sites for hydroxylation is 1. The number of amides is 2. The third kappa shape index (κ3) is 5.21. The molecule has 0 atom stereocenters. The Balaban J connectivity index is 1.87. The molecule has 0 spiro atoms. The minimum absolute atomic E-state index is 0.0217. The van der Waals surface area contributed by atoms with E-state index in [9.17, 15) is 9.59 Å². The lowest BCUT2D eigenvalue weighted by Gasteiger charge is -2.21. The van der Waals surface area contributed by atoms with Gasteiger partial charge < -0.3 is 10.2 Å². The number of nitrogens with one attached hydrogen (secondary N) is 1. The Bertz CT molecular complexity index is 671. The molecule has 0 saturated heterocycles. The Morgan fingerprint density at radius 2 is 1.91 bits per heavy atom. The molecule has 0 saturated carbocycles. The Morgan fingerprint density at radius 1 is 1.17 bits per heavy atom. The van der Waals surface area contributed by atoms with Crippen molar-refractivity contribution in [2.24, 2.45) is 0 Å². The van der Waals surface area contributed by atoms with Crippen molar-refractivity contribution < 1.29 is 9.59 Å². The summed E-state index contributed by atoms with van der Waals surface area (Å²) in [4.78, 5) is 29.5. The third-order valence-corrected chi connectivity index (χ3v) is 3.52. The summed E-state index contributed by atoms with van der Waals surface area (Å²) in [6, 6.07) is 11.2. The summed E-state index contributed by atoms with van der Waals surface area (Å²) in [6.45, 7) is 4.87. The molecule has 0 radical (unpaired) electrons. The van der Waals surface area contributed by atoms with E-state index in [2.05, 4.69) is 10.3 Å². The van der Waals surface area contributed by atoms with E-state index in [1.54, 1.807) is 23.4 Å². The van der Waals surface area contributed by atoms with Gasteiger partial charge in [-0.05, 0) is 36.8 Å². The summed E-state index contributed by atoms with van der Waals surface area (Å²) in [6.07, 6.45) is 3.40. The van der Waals surface area contributed by atoms with Crippen molar-refractivity contribution in [2.45, 2.75) is 20.4 Å². The van der Waals surface area contributed by atoms with Crippen molar-refractivity contribution in [3.63, 3.8) is 0 Å². The van der Waals surface area contributed by atoms with Crippen LogP contribution in [0.4, 0.5) is 0 Å². The number of carbonyl (C=O) groups excluding carboxylic acids is 2. The Labute approximate surface area is 136 Å². The monoisotopic (exact) mass is 311 g/mol. The summed E-state index contributed by atoms with van der Waals surface area (Å²) in [5.74, 6) is -0.146. The number of benzene rings is 1. The van der Waals surface area contributed by atoms with Crippen LogP contribution >= 0.6 is 0 Å². The van der Waals surface area contributed by atoms with Crippen molar-refractivity contribution in [3.05, 3.63) is 65.5 Å². The zero-order valence-electron chi connectivity index (χ0n) is 13.5. The molecular formula is C18H21N3O2. The van der Waals surface area contributed by atoms with E-state index in [4.69, 9.17) is 0 Å². The van der Waals surface area contributed by atoms with Crippen LogP contribution in [-0.4, -0.2) is 34.8 Å². The van der Waals surface area contributed by atoms with Crippen molar-refractivity contribution >= 4 is 11.8 Å². The minimum Gasteiger partial charge on any atom is -0.350 e. The number of rotatable bonds is 6. The first-order chi connectivity index (χ1) is 11.1. The van der Waals surface area contributed by atoms with Crippen LogP contribution in [0.1, 0.15) is 28.4 Å². The average molecular weight is 311 g/mol. The first-order valence-electron chi connectivity index (χ1n) is 7.55. The molecule has 2 rings (SSSR count). The van der Waals surface area contributed by atoms with Gasteiger partial charge in [0.1, 0.15) is 0 Å². The molecule has 0 aliphatic heterocycles. The van der Waals surface area contributed by atoms with Crippen molar-refractivity contribution in [1.82, 2.24) is 15.2 Å². The lowest BCUT2D eigenvalue weighted by molar-refractivity contribution is -0.129. The molecule has 0 bridgehead atoms. The van der Waals surface area contributed by atoms with Gasteiger partial charge in [-0.1, -0.05) is 17.7 Å². The van der Waals surface area contributed by atoms with E-state index in [1.165, 1.54) is 6.92 Å². The summed E-state index contributed by atoms with van der Waals surface area (Å²) in [5.41, 5.74) is 2.69. The standard InChI is InChI=1S/C18H21N3O2/c1-14-4-3-5-17(12-14)18(23)20-10-11-21(15(2)22)13-16-6-8-19-9-7-16/h3-9,12H,10-11,13H2,1-2H3,(H,20,23). The topological polar surface area (TPSA) is 62.3 Å². The van der Waals surface area contributed by atoms with Crippen LogP contribution < -0.4 is 5.32 Å². The number of pyridine rings is 1. The first-order valence-corrected chi connectivity index (χ1v) is 7.55. The highest BCUT2D eigenvalue weighted by molar-refractivity contribution is 5.94. The smallest absolute Gasteiger partial charge is 0.251 e. The zero-order valence-corrected chi connectivity index (χ0v) is 13.5. The molecule has 5 nitrogen and oxygen atoms in total. The van der Waals surface area contributed by atoms with Crippen LogP contribution in [0.25, 0.3) is 0 Å². The molecule has 0 fully saturated rings. The van der Waals surface area contributed by atoms with Gasteiger partial charge in [0.25, 0.3) is 5.91 Å². The van der Waals surface area contributed by atoms with Gasteiger partial charge in [0, 0.05) is 44.5 Å². The molecule has 23 heavy (non-hydrogen) atoms. The molecule has 0 unspecified atom stereocenters. The third-order valence-electron chi connectivity index (χ3n) is 3.52. The lowest BCUT2D eigenvalue weighted by Crippen LogP contribution is -2.37. The van der Waals surface area contributed by atoms with Crippen LogP contribution in [-0.2, 0) is 11.3 Å². The fraction of sp³-hybridized carbons (Fsp3) is 0.278. The van der Waals surface area contributed by atoms with Crippen LogP contribution in [0.3, 0.4) is 0 Å². The van der Waals surface area contributed by atoms with Gasteiger partial charge in [0.15, 0.2) is 0 Å². The van der Waals surface area contributed by atoms with Crippen LogP contribution in [0.15, 0.2) is 48.8 Å². The van der Waals surface area contributed by atoms with Gasteiger partial charge >= 0.3 is 0 Å². The highest BCUT2D eigenvalue weighted by atomic mass is 16.2. The molecule has 5 heteroatoms. The van der Waals surface area contributed by atoms with E-state index in [1.807, 2.05) is 37.3 Å². The van der Waals surface area contributed by atoms with Gasteiger partial charge in [0.05, 0.1) is 0 Å². The summed E-state index contributed by atoms with van der Waals surface area (Å²) in [5, 5.41) is 2.85. The maximum Gasteiger partial charge on any atom is 0.251 e. The number of aromatic nitrogens is 1. The van der Waals surface area contributed by atoms with Gasteiger partial charge in [-0.3, -0.25) is 14.6 Å². The molecule has 1 aromatic heterocycles. The van der Waals surface area contributed by atoms with Crippen molar-refractivity contribution in [1.29, 1.82) is 0 Å². The van der Waals surface area contributed by atoms with Gasteiger partial charge in [-0.15, -0.1) is 0 Å². The SMILES string of the molecule is CC(=O)N(CCNC(=O)c1cccc(C)c1)Cc1ccncc1. The molecule has 0 aliphatic carbocycles. The number of hydrogen-bond acceptors (Lipinski definition) is 3. The fourth-order valence-electron chi connectivity index (χ4n) is 2.25. The Hall–Kier alpha value is -2.69. The Morgan fingerprint density at radius 3 is 2.57 bits per heavy atom. The highest BCUT2D eigenvalue weighted by Crippen LogP contribution is 2.05. The fourth-order valence-corrected chi connectivity index (χ4v) is 2.25. The van der Waals surface area contributed by atoms with Gasteiger partial charge in [0.2, 0.25) is 5.91 Å². The number of carbonyl (C=O) groups is 2. The van der Waals surface area contributed by atoms with E-state index >= 15 is 0 Å². The molecule has 2 aromatic rings. The van der Waals surface area contributed by atoms with E-state index in [-0.39, 0.29) is 11.8 Å². The normalized spacial score (nSPS) is 10.2. The maximum absolute atomic E-state index is 12.1. The predicted octanol–water partition coefficient (Wildman–Crippen LogP) is 2.17. The lowest BCUT2D eigenvalue weighted by atomic mass is 10.1.